The third-order valence-corrected chi connectivity index (χ3v) is 6.12. The van der Waals surface area contributed by atoms with Gasteiger partial charge in [-0.25, -0.2) is 0 Å². The van der Waals surface area contributed by atoms with Gasteiger partial charge in [0.2, 0.25) is 0 Å². The highest BCUT2D eigenvalue weighted by molar-refractivity contribution is 6.51. The van der Waals surface area contributed by atoms with Gasteiger partial charge in [-0.3, -0.25) is 19.3 Å². The van der Waals surface area contributed by atoms with Gasteiger partial charge < -0.3 is 19.7 Å². The summed E-state index contributed by atoms with van der Waals surface area (Å²) < 4.78 is 10.6. The fourth-order valence-electron chi connectivity index (χ4n) is 4.31. The Morgan fingerprint density at radius 1 is 0.921 bits per heavy atom. The van der Waals surface area contributed by atoms with E-state index in [-0.39, 0.29) is 36.1 Å². The van der Waals surface area contributed by atoms with Crippen LogP contribution in [0.25, 0.3) is 5.76 Å². The number of anilines is 1. The van der Waals surface area contributed by atoms with Crippen LogP contribution in [0.3, 0.4) is 0 Å². The second kappa shape index (κ2) is 11.6. The van der Waals surface area contributed by atoms with Crippen LogP contribution in [0.5, 0.6) is 11.5 Å². The van der Waals surface area contributed by atoms with E-state index in [1.165, 1.54) is 17.0 Å². The zero-order valence-corrected chi connectivity index (χ0v) is 21.2. The molecule has 0 bridgehead atoms. The van der Waals surface area contributed by atoms with Gasteiger partial charge in [-0.2, -0.15) is 0 Å². The largest absolute Gasteiger partial charge is 0.508 e. The summed E-state index contributed by atoms with van der Waals surface area (Å²) >= 11 is 0. The number of phenols is 1. The maximum absolute atomic E-state index is 13.3. The first-order valence-electron chi connectivity index (χ1n) is 12.4. The van der Waals surface area contributed by atoms with Crippen LogP contribution in [-0.4, -0.2) is 41.1 Å². The lowest BCUT2D eigenvalue weighted by atomic mass is 9.95. The van der Waals surface area contributed by atoms with Gasteiger partial charge in [0.1, 0.15) is 17.3 Å². The molecule has 3 aromatic rings. The number of aliphatic hydroxyl groups is 1. The smallest absolute Gasteiger partial charge is 0.310 e. The summed E-state index contributed by atoms with van der Waals surface area (Å²) in [7, 11) is 0. The van der Waals surface area contributed by atoms with Crippen LogP contribution in [0.2, 0.25) is 0 Å². The van der Waals surface area contributed by atoms with Gasteiger partial charge in [0.25, 0.3) is 11.7 Å². The number of esters is 1. The van der Waals surface area contributed by atoms with E-state index in [1.807, 2.05) is 6.92 Å². The van der Waals surface area contributed by atoms with E-state index in [1.54, 1.807) is 67.6 Å². The number of benzene rings is 3. The number of hydrogen-bond acceptors (Lipinski definition) is 7. The Kier molecular flexibility index (Phi) is 8.11. The molecule has 8 heteroatoms. The molecule has 3 aromatic carbocycles. The molecule has 0 radical (unpaired) electrons. The predicted molar refractivity (Wildman–Crippen MR) is 142 cm³/mol. The number of amides is 1. The highest BCUT2D eigenvalue weighted by Gasteiger charge is 2.47. The SMILES string of the molecule is CCCOc1ccc(/C(O)=C2\C(=O)C(=O)N(c3ccc(CC(=O)OCC)cc3)C2c2ccc(O)cc2)cc1. The highest BCUT2D eigenvalue weighted by Crippen LogP contribution is 2.42. The van der Waals surface area contributed by atoms with E-state index in [4.69, 9.17) is 9.47 Å². The molecule has 1 amide bonds. The first-order valence-corrected chi connectivity index (χ1v) is 12.4. The summed E-state index contributed by atoms with van der Waals surface area (Å²) in [5, 5.41) is 21.1. The van der Waals surface area contributed by atoms with Crippen molar-refractivity contribution in [3.63, 3.8) is 0 Å². The normalized spacial score (nSPS) is 16.5. The van der Waals surface area contributed by atoms with Crippen molar-refractivity contribution in [2.24, 2.45) is 0 Å². The second-order valence-electron chi connectivity index (χ2n) is 8.78. The van der Waals surface area contributed by atoms with Crippen molar-refractivity contribution in [1.29, 1.82) is 0 Å². The number of Topliss-reactive ketones (excluding diaryl/α,β-unsaturated/α-hetero) is 1. The molecular weight excluding hydrogens is 486 g/mol. The van der Waals surface area contributed by atoms with E-state index < -0.39 is 17.7 Å². The third-order valence-electron chi connectivity index (χ3n) is 6.12. The summed E-state index contributed by atoms with van der Waals surface area (Å²) in [6, 6.07) is 18.5. The summed E-state index contributed by atoms with van der Waals surface area (Å²) in [5.74, 6) is -1.66. The average molecular weight is 516 g/mol. The van der Waals surface area contributed by atoms with Crippen LogP contribution in [0.4, 0.5) is 5.69 Å². The van der Waals surface area contributed by atoms with Gasteiger partial charge in [0.05, 0.1) is 31.2 Å². The molecule has 38 heavy (non-hydrogen) atoms. The number of carbonyl (C=O) groups excluding carboxylic acids is 3. The number of phenolic OH excluding ortho intramolecular Hbond substituents is 1. The minimum absolute atomic E-state index is 0.0247. The van der Waals surface area contributed by atoms with Gasteiger partial charge >= 0.3 is 5.97 Å². The molecule has 1 fully saturated rings. The van der Waals surface area contributed by atoms with Crippen LogP contribution in [0.15, 0.2) is 78.4 Å². The molecule has 1 heterocycles. The lowest BCUT2D eigenvalue weighted by molar-refractivity contribution is -0.142. The molecule has 0 spiro atoms. The Labute approximate surface area is 220 Å². The average Bonchev–Trinajstić information content (AvgIpc) is 3.18. The van der Waals surface area contributed by atoms with Crippen LogP contribution in [0.1, 0.15) is 43.0 Å². The van der Waals surface area contributed by atoms with Crippen molar-refractivity contribution in [3.8, 4) is 11.5 Å². The monoisotopic (exact) mass is 515 g/mol. The molecule has 0 aromatic heterocycles. The fraction of sp³-hybridized carbons (Fsp3) is 0.233. The van der Waals surface area contributed by atoms with E-state index in [2.05, 4.69) is 0 Å². The Balaban J connectivity index is 1.76. The molecule has 2 N–H and O–H groups in total. The first-order chi connectivity index (χ1) is 18.3. The van der Waals surface area contributed by atoms with Crippen molar-refractivity contribution < 1.29 is 34.1 Å². The minimum Gasteiger partial charge on any atom is -0.508 e. The molecule has 1 aliphatic rings. The maximum Gasteiger partial charge on any atom is 0.310 e. The third kappa shape index (κ3) is 5.54. The van der Waals surface area contributed by atoms with Crippen LogP contribution in [0, 0.1) is 0 Å². The number of carbonyl (C=O) groups is 3. The van der Waals surface area contributed by atoms with E-state index in [0.717, 1.165) is 6.42 Å². The van der Waals surface area contributed by atoms with Crippen LogP contribution < -0.4 is 9.64 Å². The maximum atomic E-state index is 13.3. The summed E-state index contributed by atoms with van der Waals surface area (Å²) in [6.07, 6.45) is 0.925. The standard InChI is InChI=1S/C30H29NO7/c1-3-17-38-24-15-9-21(10-16-24)28(34)26-27(20-7-13-23(32)14-8-20)31(30(36)29(26)35)22-11-5-19(6-12-22)18-25(33)37-4-2/h5-16,27,32,34H,3-4,17-18H2,1-2H3/b28-26+. The number of rotatable bonds is 9. The van der Waals surface area contributed by atoms with Gasteiger partial charge in [-0.15, -0.1) is 0 Å². The number of aliphatic hydroxyl groups excluding tert-OH is 1. The zero-order valence-electron chi connectivity index (χ0n) is 21.2. The Hall–Kier alpha value is -4.59. The molecule has 1 atom stereocenters. The molecule has 0 aliphatic carbocycles. The van der Waals surface area contributed by atoms with Gasteiger partial charge in [-0.1, -0.05) is 31.2 Å². The Morgan fingerprint density at radius 2 is 1.58 bits per heavy atom. The number of nitrogens with zero attached hydrogens (tertiary/aromatic N) is 1. The van der Waals surface area contributed by atoms with E-state index in [9.17, 15) is 24.6 Å². The van der Waals surface area contributed by atoms with E-state index >= 15 is 0 Å². The van der Waals surface area contributed by atoms with Crippen molar-refractivity contribution in [1.82, 2.24) is 0 Å². The molecule has 0 saturated carbocycles. The topological polar surface area (TPSA) is 113 Å². The number of ether oxygens (including phenoxy) is 2. The van der Waals surface area contributed by atoms with Gasteiger partial charge in [0.15, 0.2) is 0 Å². The molecule has 196 valence electrons. The fourth-order valence-corrected chi connectivity index (χ4v) is 4.31. The minimum atomic E-state index is -0.942. The molecule has 4 rings (SSSR count). The van der Waals surface area contributed by atoms with Gasteiger partial charge in [0, 0.05) is 11.3 Å². The first kappa shape index (κ1) is 26.5. The van der Waals surface area contributed by atoms with Crippen molar-refractivity contribution in [3.05, 3.63) is 95.1 Å². The molecule has 1 saturated heterocycles. The molecule has 1 aliphatic heterocycles. The lowest BCUT2D eigenvalue weighted by Crippen LogP contribution is -2.29. The predicted octanol–water partition coefficient (Wildman–Crippen LogP) is 4.91. The quantitative estimate of drug-likeness (QED) is 0.180. The summed E-state index contributed by atoms with van der Waals surface area (Å²) in [5.41, 5.74) is 1.93. The van der Waals surface area contributed by atoms with Crippen molar-refractivity contribution >= 4 is 29.1 Å². The van der Waals surface area contributed by atoms with Crippen molar-refractivity contribution in [2.45, 2.75) is 32.7 Å². The molecular formula is C30H29NO7. The number of ketones is 1. The second-order valence-corrected chi connectivity index (χ2v) is 8.78. The Bertz CT molecular complexity index is 1340. The van der Waals surface area contributed by atoms with Crippen molar-refractivity contribution in [2.75, 3.05) is 18.1 Å². The zero-order chi connectivity index (χ0) is 27.2. The highest BCUT2D eigenvalue weighted by atomic mass is 16.5. The summed E-state index contributed by atoms with van der Waals surface area (Å²) in [4.78, 5) is 39.8. The summed E-state index contributed by atoms with van der Waals surface area (Å²) in [6.45, 7) is 4.56. The Morgan fingerprint density at radius 3 is 2.18 bits per heavy atom. The van der Waals surface area contributed by atoms with Gasteiger partial charge in [-0.05, 0) is 73.0 Å². The lowest BCUT2D eigenvalue weighted by Gasteiger charge is -2.25. The molecule has 1 unspecified atom stereocenters. The van der Waals surface area contributed by atoms with Crippen LogP contribution >= 0.6 is 0 Å². The molecule has 8 nitrogen and oxygen atoms in total. The number of aromatic hydroxyl groups is 1. The number of hydrogen-bond donors (Lipinski definition) is 2. The van der Waals surface area contributed by atoms with E-state index in [0.29, 0.717) is 34.7 Å². The van der Waals surface area contributed by atoms with Crippen LogP contribution in [-0.2, 0) is 25.5 Å².